The average Bonchev–Trinajstić information content (AvgIpc) is 2.41. The monoisotopic (exact) mass is 313 g/mol. The molecule has 1 fully saturated rings. The molecular weight excluding hydrogens is 294 g/mol. The molecule has 2 unspecified atom stereocenters. The maximum Gasteiger partial charge on any atom is 0.0599 e. The van der Waals surface area contributed by atoms with Crippen molar-refractivity contribution in [3.63, 3.8) is 0 Å². The number of hydrogen-bond acceptors (Lipinski definition) is 4. The maximum absolute atomic E-state index is 5.86. The first-order valence-electron chi connectivity index (χ1n) is 6.30. The standard InChI is InChI=1S/C13H20BrN3O/c1-18-13-4-5-17(12(6-13)7-15)9-11-3-2-10(14)8-16-11/h2-3,8,12-13H,4-7,9,15H2,1H3. The second kappa shape index (κ2) is 6.61. The summed E-state index contributed by atoms with van der Waals surface area (Å²) in [5, 5.41) is 0. The summed E-state index contributed by atoms with van der Waals surface area (Å²) in [6.45, 7) is 2.57. The molecule has 5 heteroatoms. The van der Waals surface area contributed by atoms with Gasteiger partial charge in [0.1, 0.15) is 0 Å². The van der Waals surface area contributed by atoms with Crippen molar-refractivity contribution in [2.24, 2.45) is 5.73 Å². The zero-order valence-corrected chi connectivity index (χ0v) is 12.3. The Kier molecular flexibility index (Phi) is 5.12. The van der Waals surface area contributed by atoms with Crippen LogP contribution in [0.15, 0.2) is 22.8 Å². The van der Waals surface area contributed by atoms with Crippen molar-refractivity contribution in [3.8, 4) is 0 Å². The molecule has 0 bridgehead atoms. The van der Waals surface area contributed by atoms with E-state index < -0.39 is 0 Å². The van der Waals surface area contributed by atoms with Crippen LogP contribution < -0.4 is 5.73 Å². The normalized spacial score (nSPS) is 25.3. The molecule has 0 aromatic carbocycles. The smallest absolute Gasteiger partial charge is 0.0599 e. The number of rotatable bonds is 4. The molecule has 1 aliphatic rings. The summed E-state index contributed by atoms with van der Waals surface area (Å²) in [4.78, 5) is 6.83. The van der Waals surface area contributed by atoms with E-state index in [4.69, 9.17) is 10.5 Å². The molecule has 0 radical (unpaired) electrons. The highest BCUT2D eigenvalue weighted by Crippen LogP contribution is 2.21. The molecule has 2 N–H and O–H groups in total. The van der Waals surface area contributed by atoms with Gasteiger partial charge in [-0.25, -0.2) is 0 Å². The highest BCUT2D eigenvalue weighted by molar-refractivity contribution is 9.10. The third-order valence-corrected chi connectivity index (χ3v) is 4.02. The SMILES string of the molecule is COC1CCN(Cc2ccc(Br)cn2)C(CN)C1. The van der Waals surface area contributed by atoms with Crippen molar-refractivity contribution in [2.45, 2.75) is 31.5 Å². The van der Waals surface area contributed by atoms with Gasteiger partial charge in [-0.05, 0) is 40.9 Å². The van der Waals surface area contributed by atoms with Gasteiger partial charge in [0, 0.05) is 43.5 Å². The van der Waals surface area contributed by atoms with Crippen molar-refractivity contribution in [3.05, 3.63) is 28.5 Å². The molecule has 0 spiro atoms. The molecule has 18 heavy (non-hydrogen) atoms. The molecule has 2 atom stereocenters. The molecule has 0 amide bonds. The van der Waals surface area contributed by atoms with Crippen LogP contribution in [0.3, 0.4) is 0 Å². The van der Waals surface area contributed by atoms with Crippen LogP contribution in [0.5, 0.6) is 0 Å². The van der Waals surface area contributed by atoms with Crippen LogP contribution in [-0.2, 0) is 11.3 Å². The van der Waals surface area contributed by atoms with E-state index in [1.165, 1.54) is 0 Å². The molecule has 1 aromatic heterocycles. The minimum Gasteiger partial charge on any atom is -0.381 e. The van der Waals surface area contributed by atoms with Crippen molar-refractivity contribution < 1.29 is 4.74 Å². The Morgan fingerprint density at radius 2 is 2.39 bits per heavy atom. The third-order valence-electron chi connectivity index (χ3n) is 3.55. The Morgan fingerprint density at radius 1 is 1.56 bits per heavy atom. The predicted octanol–water partition coefficient (Wildman–Crippen LogP) is 1.78. The Hall–Kier alpha value is -0.490. The quantitative estimate of drug-likeness (QED) is 0.920. The van der Waals surface area contributed by atoms with E-state index in [1.54, 1.807) is 7.11 Å². The molecule has 0 saturated carbocycles. The Labute approximate surface area is 117 Å². The van der Waals surface area contributed by atoms with E-state index in [9.17, 15) is 0 Å². The van der Waals surface area contributed by atoms with Crippen LogP contribution in [0, 0.1) is 0 Å². The zero-order chi connectivity index (χ0) is 13.0. The van der Waals surface area contributed by atoms with Crippen molar-refractivity contribution in [2.75, 3.05) is 20.2 Å². The Morgan fingerprint density at radius 3 is 3.00 bits per heavy atom. The summed E-state index contributed by atoms with van der Waals surface area (Å²) in [6, 6.07) is 4.48. The second-order valence-electron chi connectivity index (χ2n) is 4.71. The van der Waals surface area contributed by atoms with Gasteiger partial charge in [0.2, 0.25) is 0 Å². The first-order chi connectivity index (χ1) is 8.72. The summed E-state index contributed by atoms with van der Waals surface area (Å²) in [7, 11) is 1.78. The van der Waals surface area contributed by atoms with E-state index >= 15 is 0 Å². The van der Waals surface area contributed by atoms with E-state index in [2.05, 4.69) is 31.9 Å². The van der Waals surface area contributed by atoms with Gasteiger partial charge in [-0.2, -0.15) is 0 Å². The highest BCUT2D eigenvalue weighted by atomic mass is 79.9. The molecule has 2 rings (SSSR count). The second-order valence-corrected chi connectivity index (χ2v) is 5.63. The van der Waals surface area contributed by atoms with Gasteiger partial charge in [-0.3, -0.25) is 9.88 Å². The highest BCUT2D eigenvalue weighted by Gasteiger charge is 2.27. The van der Waals surface area contributed by atoms with E-state index in [1.807, 2.05) is 12.3 Å². The number of pyridine rings is 1. The molecule has 0 aliphatic carbocycles. The molecule has 1 aromatic rings. The van der Waals surface area contributed by atoms with Crippen LogP contribution in [-0.4, -0.2) is 42.2 Å². The number of aromatic nitrogens is 1. The summed E-state index contributed by atoms with van der Waals surface area (Å²) >= 11 is 3.40. The molecule has 4 nitrogen and oxygen atoms in total. The first-order valence-corrected chi connectivity index (χ1v) is 7.09. The fourth-order valence-corrected chi connectivity index (χ4v) is 2.67. The lowest BCUT2D eigenvalue weighted by Gasteiger charge is -2.38. The molecule has 2 heterocycles. The minimum absolute atomic E-state index is 0.354. The van der Waals surface area contributed by atoms with Crippen molar-refractivity contribution in [1.29, 1.82) is 0 Å². The van der Waals surface area contributed by atoms with Gasteiger partial charge < -0.3 is 10.5 Å². The minimum atomic E-state index is 0.354. The lowest BCUT2D eigenvalue weighted by Crippen LogP contribution is -2.48. The van der Waals surface area contributed by atoms with Crippen molar-refractivity contribution in [1.82, 2.24) is 9.88 Å². The van der Waals surface area contributed by atoms with Crippen LogP contribution in [0.4, 0.5) is 0 Å². The zero-order valence-electron chi connectivity index (χ0n) is 10.7. The van der Waals surface area contributed by atoms with Gasteiger partial charge in [0.05, 0.1) is 11.8 Å². The summed E-state index contributed by atoms with van der Waals surface area (Å²) < 4.78 is 6.45. The number of nitrogens with zero attached hydrogens (tertiary/aromatic N) is 2. The number of nitrogens with two attached hydrogens (primary N) is 1. The Balaban J connectivity index is 1.97. The van der Waals surface area contributed by atoms with Gasteiger partial charge in [0.15, 0.2) is 0 Å². The summed E-state index contributed by atoms with van der Waals surface area (Å²) in [6.07, 6.45) is 4.29. The van der Waals surface area contributed by atoms with Gasteiger partial charge in [-0.1, -0.05) is 0 Å². The molecule has 100 valence electrons. The average molecular weight is 314 g/mol. The van der Waals surface area contributed by atoms with Crippen LogP contribution in [0.2, 0.25) is 0 Å². The topological polar surface area (TPSA) is 51.4 Å². The van der Waals surface area contributed by atoms with Gasteiger partial charge in [0.25, 0.3) is 0 Å². The van der Waals surface area contributed by atoms with Crippen LogP contribution in [0.25, 0.3) is 0 Å². The number of methoxy groups -OCH3 is 1. The number of hydrogen-bond donors (Lipinski definition) is 1. The number of likely N-dealkylation sites (tertiary alicyclic amines) is 1. The van der Waals surface area contributed by atoms with E-state index in [0.29, 0.717) is 18.7 Å². The lowest BCUT2D eigenvalue weighted by atomic mass is 9.99. The molecular formula is C13H20BrN3O. The number of piperidine rings is 1. The first kappa shape index (κ1) is 13.9. The van der Waals surface area contributed by atoms with E-state index in [-0.39, 0.29) is 0 Å². The maximum atomic E-state index is 5.86. The lowest BCUT2D eigenvalue weighted by molar-refractivity contribution is 0.00978. The molecule has 1 aliphatic heterocycles. The fraction of sp³-hybridized carbons (Fsp3) is 0.615. The Bertz CT molecular complexity index is 371. The predicted molar refractivity (Wildman–Crippen MR) is 75.2 cm³/mol. The third kappa shape index (κ3) is 3.51. The van der Waals surface area contributed by atoms with Gasteiger partial charge in [-0.15, -0.1) is 0 Å². The van der Waals surface area contributed by atoms with Crippen LogP contribution in [0.1, 0.15) is 18.5 Å². The van der Waals surface area contributed by atoms with Crippen LogP contribution >= 0.6 is 15.9 Å². The van der Waals surface area contributed by atoms with Gasteiger partial charge >= 0.3 is 0 Å². The fourth-order valence-electron chi connectivity index (χ4n) is 2.44. The molecule has 1 saturated heterocycles. The largest absolute Gasteiger partial charge is 0.381 e. The summed E-state index contributed by atoms with van der Waals surface area (Å²) in [5.74, 6) is 0. The van der Waals surface area contributed by atoms with E-state index in [0.717, 1.165) is 36.1 Å². The van der Waals surface area contributed by atoms with Crippen molar-refractivity contribution >= 4 is 15.9 Å². The summed E-state index contributed by atoms with van der Waals surface area (Å²) in [5.41, 5.74) is 6.95. The number of halogens is 1. The number of ether oxygens (including phenoxy) is 1.